The second kappa shape index (κ2) is 4.51. The first kappa shape index (κ1) is 11.5. The molecule has 1 aliphatic rings. The monoisotopic (exact) mass is 231 g/mol. The van der Waals surface area contributed by atoms with Gasteiger partial charge in [0, 0.05) is 4.90 Å². The smallest absolute Gasteiger partial charge is 0.108 e. The fourth-order valence-corrected chi connectivity index (χ4v) is 3.79. The quantitative estimate of drug-likeness (QED) is 0.779. The van der Waals surface area contributed by atoms with Crippen molar-refractivity contribution in [2.45, 2.75) is 42.8 Å². The highest BCUT2D eigenvalue weighted by atomic mass is 32.2. The zero-order valence-corrected chi connectivity index (χ0v) is 10.7. The Bertz CT molecular complexity index is 413. The number of hydrogen-bond donors (Lipinski definition) is 0. The molecular formula is C14H17NS. The third-order valence-corrected chi connectivity index (χ3v) is 4.63. The van der Waals surface area contributed by atoms with Crippen molar-refractivity contribution in [1.82, 2.24) is 0 Å². The first-order chi connectivity index (χ1) is 7.67. The molecule has 1 saturated carbocycles. The molecule has 16 heavy (non-hydrogen) atoms. The van der Waals surface area contributed by atoms with Crippen LogP contribution in [-0.4, -0.2) is 4.75 Å². The van der Waals surface area contributed by atoms with E-state index < -0.39 is 0 Å². The van der Waals surface area contributed by atoms with Gasteiger partial charge in [0.05, 0.1) is 6.07 Å². The van der Waals surface area contributed by atoms with Gasteiger partial charge in [-0.3, -0.25) is 0 Å². The first-order valence-electron chi connectivity index (χ1n) is 5.84. The van der Waals surface area contributed by atoms with E-state index in [4.69, 9.17) is 0 Å². The summed E-state index contributed by atoms with van der Waals surface area (Å²) < 4.78 is -0.144. The number of nitrogens with zero attached hydrogens (tertiary/aromatic N) is 1. The van der Waals surface area contributed by atoms with Gasteiger partial charge in [-0.15, -0.1) is 11.8 Å². The van der Waals surface area contributed by atoms with Crippen LogP contribution in [0, 0.1) is 24.2 Å². The molecule has 0 aliphatic heterocycles. The molecule has 1 aromatic carbocycles. The standard InChI is InChI=1S/C14H17NS/c1-3-12-8-14(9-12,10-15)16-13-6-4-5-11(2)7-13/h4-7,12H,3,8-9H2,1-2H3. The molecule has 0 atom stereocenters. The minimum absolute atomic E-state index is 0.144. The molecule has 1 aromatic rings. The Labute approximate surface area is 102 Å². The van der Waals surface area contributed by atoms with Gasteiger partial charge in [-0.25, -0.2) is 0 Å². The Kier molecular flexibility index (Phi) is 3.25. The van der Waals surface area contributed by atoms with Gasteiger partial charge in [0.2, 0.25) is 0 Å². The van der Waals surface area contributed by atoms with Crippen molar-refractivity contribution in [3.8, 4) is 6.07 Å². The molecule has 0 amide bonds. The third-order valence-electron chi connectivity index (χ3n) is 3.32. The summed E-state index contributed by atoms with van der Waals surface area (Å²) in [6.45, 7) is 4.31. The molecule has 84 valence electrons. The van der Waals surface area contributed by atoms with E-state index in [0.29, 0.717) is 0 Å². The molecular weight excluding hydrogens is 214 g/mol. The van der Waals surface area contributed by atoms with Crippen LogP contribution in [0.4, 0.5) is 0 Å². The maximum absolute atomic E-state index is 9.31. The van der Waals surface area contributed by atoms with Crippen LogP contribution in [0.25, 0.3) is 0 Å². The minimum Gasteiger partial charge on any atom is -0.197 e. The van der Waals surface area contributed by atoms with Gasteiger partial charge in [0.1, 0.15) is 4.75 Å². The fourth-order valence-electron chi connectivity index (χ4n) is 2.26. The summed E-state index contributed by atoms with van der Waals surface area (Å²) in [6, 6.07) is 11.0. The minimum atomic E-state index is -0.144. The molecule has 0 saturated heterocycles. The fraction of sp³-hybridized carbons (Fsp3) is 0.500. The summed E-state index contributed by atoms with van der Waals surface area (Å²) in [5.41, 5.74) is 1.27. The van der Waals surface area contributed by atoms with Crippen LogP contribution in [0.3, 0.4) is 0 Å². The molecule has 0 bridgehead atoms. The number of nitriles is 1. The number of thioether (sulfide) groups is 1. The summed E-state index contributed by atoms with van der Waals surface area (Å²) in [7, 11) is 0. The van der Waals surface area contributed by atoms with Gasteiger partial charge in [0.15, 0.2) is 0 Å². The highest BCUT2D eigenvalue weighted by Crippen LogP contribution is 2.51. The maximum atomic E-state index is 9.31. The summed E-state index contributed by atoms with van der Waals surface area (Å²) in [6.07, 6.45) is 3.31. The van der Waals surface area contributed by atoms with Crippen LogP contribution < -0.4 is 0 Å². The van der Waals surface area contributed by atoms with Crippen LogP contribution in [0.2, 0.25) is 0 Å². The van der Waals surface area contributed by atoms with Gasteiger partial charge >= 0.3 is 0 Å². The summed E-state index contributed by atoms with van der Waals surface area (Å²) in [5.74, 6) is 0.761. The van der Waals surface area contributed by atoms with Gasteiger partial charge in [-0.1, -0.05) is 31.0 Å². The predicted octanol–water partition coefficient (Wildman–Crippen LogP) is 4.17. The van der Waals surface area contributed by atoms with E-state index in [1.54, 1.807) is 11.8 Å². The topological polar surface area (TPSA) is 23.8 Å². The molecule has 0 N–H and O–H groups in total. The molecule has 2 rings (SSSR count). The van der Waals surface area contributed by atoms with E-state index in [-0.39, 0.29) is 4.75 Å². The summed E-state index contributed by atoms with van der Waals surface area (Å²) in [5, 5.41) is 9.31. The molecule has 0 heterocycles. The van der Waals surface area contributed by atoms with Crippen LogP contribution >= 0.6 is 11.8 Å². The van der Waals surface area contributed by atoms with Crippen molar-refractivity contribution in [1.29, 1.82) is 5.26 Å². The zero-order valence-electron chi connectivity index (χ0n) is 9.86. The molecule has 1 nitrogen and oxygen atoms in total. The maximum Gasteiger partial charge on any atom is 0.108 e. The van der Waals surface area contributed by atoms with Crippen LogP contribution in [0.1, 0.15) is 31.7 Å². The second-order valence-electron chi connectivity index (χ2n) is 4.71. The SMILES string of the molecule is CCC1CC(C#N)(Sc2cccc(C)c2)C1. The van der Waals surface area contributed by atoms with E-state index in [2.05, 4.69) is 44.2 Å². The van der Waals surface area contributed by atoms with Crippen LogP contribution in [-0.2, 0) is 0 Å². The number of aryl methyl sites for hydroxylation is 1. The van der Waals surface area contributed by atoms with Crippen molar-refractivity contribution in [3.63, 3.8) is 0 Å². The number of hydrogen-bond acceptors (Lipinski definition) is 2. The Morgan fingerprint density at radius 1 is 1.50 bits per heavy atom. The van der Waals surface area contributed by atoms with Crippen LogP contribution in [0.15, 0.2) is 29.2 Å². The third kappa shape index (κ3) is 2.25. The Morgan fingerprint density at radius 3 is 2.81 bits per heavy atom. The lowest BCUT2D eigenvalue weighted by Gasteiger charge is -2.41. The van der Waals surface area contributed by atoms with Crippen LogP contribution in [0.5, 0.6) is 0 Å². The molecule has 0 unspecified atom stereocenters. The first-order valence-corrected chi connectivity index (χ1v) is 6.66. The Morgan fingerprint density at radius 2 is 2.25 bits per heavy atom. The molecule has 1 aliphatic carbocycles. The van der Waals surface area contributed by atoms with Crippen molar-refractivity contribution in [2.75, 3.05) is 0 Å². The van der Waals surface area contributed by atoms with Crippen molar-refractivity contribution < 1.29 is 0 Å². The van der Waals surface area contributed by atoms with Gasteiger partial charge in [-0.2, -0.15) is 5.26 Å². The predicted molar refractivity (Wildman–Crippen MR) is 68.4 cm³/mol. The van der Waals surface area contributed by atoms with Crippen molar-refractivity contribution >= 4 is 11.8 Å². The van der Waals surface area contributed by atoms with E-state index in [1.165, 1.54) is 16.9 Å². The lowest BCUT2D eigenvalue weighted by atomic mass is 9.73. The second-order valence-corrected chi connectivity index (χ2v) is 6.16. The molecule has 0 radical (unpaired) electrons. The Balaban J connectivity index is 2.07. The van der Waals surface area contributed by atoms with Gasteiger partial charge in [0.25, 0.3) is 0 Å². The van der Waals surface area contributed by atoms with Gasteiger partial charge < -0.3 is 0 Å². The van der Waals surface area contributed by atoms with E-state index in [0.717, 1.165) is 18.8 Å². The molecule has 0 aromatic heterocycles. The lowest BCUT2D eigenvalue weighted by molar-refractivity contribution is 0.269. The highest BCUT2D eigenvalue weighted by molar-refractivity contribution is 8.01. The van der Waals surface area contributed by atoms with Crippen molar-refractivity contribution in [3.05, 3.63) is 29.8 Å². The Hall–Kier alpha value is -0.940. The highest BCUT2D eigenvalue weighted by Gasteiger charge is 2.44. The van der Waals surface area contributed by atoms with E-state index >= 15 is 0 Å². The normalized spacial score (nSPS) is 28.2. The number of rotatable bonds is 3. The average Bonchev–Trinajstić information content (AvgIpc) is 2.23. The number of benzene rings is 1. The van der Waals surface area contributed by atoms with Gasteiger partial charge in [-0.05, 0) is 37.8 Å². The van der Waals surface area contributed by atoms with E-state index in [9.17, 15) is 5.26 Å². The zero-order chi connectivity index (χ0) is 11.6. The summed E-state index contributed by atoms with van der Waals surface area (Å²) >= 11 is 1.75. The van der Waals surface area contributed by atoms with E-state index in [1.807, 2.05) is 0 Å². The van der Waals surface area contributed by atoms with Crippen molar-refractivity contribution in [2.24, 2.45) is 5.92 Å². The lowest BCUT2D eigenvalue weighted by Crippen LogP contribution is -2.39. The molecule has 2 heteroatoms. The largest absolute Gasteiger partial charge is 0.197 e. The summed E-state index contributed by atoms with van der Waals surface area (Å²) in [4.78, 5) is 1.23. The average molecular weight is 231 g/mol. The molecule has 1 fully saturated rings. The molecule has 0 spiro atoms.